The van der Waals surface area contributed by atoms with Crippen molar-refractivity contribution in [2.75, 3.05) is 0 Å². The zero-order valence-electron chi connectivity index (χ0n) is 21.7. The molecule has 1 aliphatic rings. The molecule has 1 aliphatic carbocycles. The average Bonchev–Trinajstić information content (AvgIpc) is 2.84. The Morgan fingerprint density at radius 2 is 1.36 bits per heavy atom. The van der Waals surface area contributed by atoms with Crippen LogP contribution in [0.4, 0.5) is 0 Å². The van der Waals surface area contributed by atoms with Gasteiger partial charge in [-0.1, -0.05) is 103 Å². The summed E-state index contributed by atoms with van der Waals surface area (Å²) in [5.41, 5.74) is 5.32. The van der Waals surface area contributed by atoms with Crippen LogP contribution in [0.15, 0.2) is 30.6 Å². The fraction of sp³-hybridized carbons (Fsp3) is 0.677. The summed E-state index contributed by atoms with van der Waals surface area (Å²) in [5.74, 6) is 2.81. The Morgan fingerprint density at radius 3 is 2.00 bits per heavy atom. The van der Waals surface area contributed by atoms with Crippen LogP contribution >= 0.6 is 0 Å². The Hall–Kier alpha value is -1.70. The highest BCUT2D eigenvalue weighted by atomic mass is 14.9. The molecule has 33 heavy (non-hydrogen) atoms. The van der Waals surface area contributed by atoms with E-state index in [0.29, 0.717) is 0 Å². The number of hydrogen-bond donors (Lipinski definition) is 0. The van der Waals surface area contributed by atoms with Crippen LogP contribution in [0.2, 0.25) is 0 Å². The number of unbranched alkanes of at least 4 members (excludes halogenated alkanes) is 6. The maximum Gasteiger partial charge on any atom is 0.159 e. The first-order valence-corrected chi connectivity index (χ1v) is 14.1. The van der Waals surface area contributed by atoms with E-state index >= 15 is 0 Å². The maximum absolute atomic E-state index is 4.69. The topological polar surface area (TPSA) is 25.8 Å². The summed E-state index contributed by atoms with van der Waals surface area (Å²) in [6, 6.07) is 6.84. The van der Waals surface area contributed by atoms with Gasteiger partial charge in [0, 0.05) is 18.0 Å². The maximum atomic E-state index is 4.69. The van der Waals surface area contributed by atoms with E-state index < -0.39 is 0 Å². The molecule has 0 atom stereocenters. The van der Waals surface area contributed by atoms with Crippen molar-refractivity contribution in [3.63, 3.8) is 0 Å². The molecule has 1 fully saturated rings. The monoisotopic (exact) mass is 448 g/mol. The van der Waals surface area contributed by atoms with Crippen molar-refractivity contribution in [3.05, 3.63) is 47.3 Å². The molecule has 3 rings (SSSR count). The van der Waals surface area contributed by atoms with Gasteiger partial charge in [-0.05, 0) is 67.2 Å². The molecule has 0 bridgehead atoms. The van der Waals surface area contributed by atoms with E-state index in [1.165, 1.54) is 113 Å². The zero-order chi connectivity index (χ0) is 23.3. The molecular weight excluding hydrogens is 400 g/mol. The van der Waals surface area contributed by atoms with E-state index in [0.717, 1.165) is 29.6 Å². The van der Waals surface area contributed by atoms with Gasteiger partial charge in [0.2, 0.25) is 0 Å². The van der Waals surface area contributed by atoms with E-state index in [-0.39, 0.29) is 0 Å². The van der Waals surface area contributed by atoms with Gasteiger partial charge in [-0.3, -0.25) is 0 Å². The minimum Gasteiger partial charge on any atom is -0.236 e. The summed E-state index contributed by atoms with van der Waals surface area (Å²) in [4.78, 5) is 9.38. The highest BCUT2D eigenvalue weighted by Crippen LogP contribution is 2.34. The van der Waals surface area contributed by atoms with Gasteiger partial charge < -0.3 is 0 Å². The van der Waals surface area contributed by atoms with Gasteiger partial charge in [0.15, 0.2) is 5.82 Å². The zero-order valence-corrected chi connectivity index (χ0v) is 21.7. The summed E-state index contributed by atoms with van der Waals surface area (Å²) >= 11 is 0. The highest BCUT2D eigenvalue weighted by Gasteiger charge is 2.20. The standard InChI is InChI=1S/C31H48N2/c1-4-6-7-8-9-10-11-13-28-23-32-31(33-24-28)30-21-20-29(25(3)22-30)19-18-27-16-14-26(12-5-2)15-17-27/h20-24,26-27H,4-19H2,1-3H3. The molecule has 2 nitrogen and oxygen atoms in total. The van der Waals surface area contributed by atoms with Gasteiger partial charge in [0.1, 0.15) is 0 Å². The average molecular weight is 449 g/mol. The summed E-state index contributed by atoms with van der Waals surface area (Å²) in [7, 11) is 0. The van der Waals surface area contributed by atoms with Crippen LogP contribution in [-0.2, 0) is 12.8 Å². The van der Waals surface area contributed by atoms with E-state index in [1.54, 1.807) is 0 Å². The van der Waals surface area contributed by atoms with Crippen molar-refractivity contribution in [2.45, 2.75) is 124 Å². The molecule has 0 radical (unpaired) electrons. The Labute approximate surface area is 204 Å². The predicted molar refractivity (Wildman–Crippen MR) is 143 cm³/mol. The second kappa shape index (κ2) is 14.5. The van der Waals surface area contributed by atoms with Gasteiger partial charge in [0.05, 0.1) is 0 Å². The Balaban J connectivity index is 1.42. The largest absolute Gasteiger partial charge is 0.236 e. The number of benzene rings is 1. The van der Waals surface area contributed by atoms with E-state index in [2.05, 4.69) is 48.9 Å². The normalized spacial score (nSPS) is 18.5. The third-order valence-corrected chi connectivity index (χ3v) is 7.86. The van der Waals surface area contributed by atoms with Crippen LogP contribution in [0.25, 0.3) is 11.4 Å². The number of rotatable bonds is 14. The second-order valence-electron chi connectivity index (χ2n) is 10.6. The lowest BCUT2D eigenvalue weighted by molar-refractivity contribution is 0.252. The molecule has 0 unspecified atom stereocenters. The Bertz CT molecular complexity index is 787. The van der Waals surface area contributed by atoms with E-state index in [1.807, 2.05) is 12.4 Å². The molecule has 0 saturated heterocycles. The van der Waals surface area contributed by atoms with Gasteiger partial charge in [0.25, 0.3) is 0 Å². The fourth-order valence-corrected chi connectivity index (χ4v) is 5.61. The molecule has 0 amide bonds. The summed E-state index contributed by atoms with van der Waals surface area (Å²) < 4.78 is 0. The first kappa shape index (κ1) is 25.9. The van der Waals surface area contributed by atoms with Gasteiger partial charge in [-0.25, -0.2) is 9.97 Å². The lowest BCUT2D eigenvalue weighted by Crippen LogP contribution is -2.15. The number of nitrogens with zero attached hydrogens (tertiary/aromatic N) is 2. The van der Waals surface area contributed by atoms with Gasteiger partial charge in [-0.2, -0.15) is 0 Å². The molecule has 182 valence electrons. The van der Waals surface area contributed by atoms with Crippen molar-refractivity contribution in [1.29, 1.82) is 0 Å². The summed E-state index contributed by atoms with van der Waals surface area (Å²) in [6.07, 6.45) is 25.8. The molecule has 2 aromatic rings. The fourth-order valence-electron chi connectivity index (χ4n) is 5.61. The van der Waals surface area contributed by atoms with E-state index in [4.69, 9.17) is 0 Å². The Morgan fingerprint density at radius 1 is 0.727 bits per heavy atom. The number of aromatic nitrogens is 2. The lowest BCUT2D eigenvalue weighted by atomic mass is 9.78. The van der Waals surface area contributed by atoms with Crippen LogP contribution in [0.5, 0.6) is 0 Å². The molecule has 1 aromatic carbocycles. The van der Waals surface area contributed by atoms with Crippen LogP contribution in [0, 0.1) is 18.8 Å². The SMILES string of the molecule is CCCCCCCCCc1cnc(-c2ccc(CCC3CCC(CCC)CC3)c(C)c2)nc1. The minimum atomic E-state index is 0.863. The third kappa shape index (κ3) is 8.87. The lowest BCUT2D eigenvalue weighted by Gasteiger charge is -2.28. The first-order chi connectivity index (χ1) is 16.2. The van der Waals surface area contributed by atoms with Crippen LogP contribution in [0.3, 0.4) is 0 Å². The van der Waals surface area contributed by atoms with Gasteiger partial charge >= 0.3 is 0 Å². The quantitative estimate of drug-likeness (QED) is 0.269. The van der Waals surface area contributed by atoms with Crippen molar-refractivity contribution >= 4 is 0 Å². The number of aryl methyl sites for hydroxylation is 3. The second-order valence-corrected chi connectivity index (χ2v) is 10.6. The molecule has 2 heteroatoms. The van der Waals surface area contributed by atoms with Crippen molar-refractivity contribution in [1.82, 2.24) is 9.97 Å². The molecule has 0 aliphatic heterocycles. The summed E-state index contributed by atoms with van der Waals surface area (Å²) in [6.45, 7) is 6.86. The predicted octanol–water partition coefficient (Wildman–Crippen LogP) is 9.28. The molecule has 0 N–H and O–H groups in total. The van der Waals surface area contributed by atoms with E-state index in [9.17, 15) is 0 Å². The highest BCUT2D eigenvalue weighted by molar-refractivity contribution is 5.57. The van der Waals surface area contributed by atoms with Crippen LogP contribution in [0.1, 0.15) is 120 Å². The van der Waals surface area contributed by atoms with Crippen LogP contribution < -0.4 is 0 Å². The van der Waals surface area contributed by atoms with Crippen LogP contribution in [-0.4, -0.2) is 9.97 Å². The van der Waals surface area contributed by atoms with Crippen molar-refractivity contribution in [3.8, 4) is 11.4 Å². The number of hydrogen-bond acceptors (Lipinski definition) is 2. The third-order valence-electron chi connectivity index (χ3n) is 7.86. The van der Waals surface area contributed by atoms with Crippen molar-refractivity contribution < 1.29 is 0 Å². The Kier molecular flexibility index (Phi) is 11.4. The summed E-state index contributed by atoms with van der Waals surface area (Å²) in [5, 5.41) is 0. The van der Waals surface area contributed by atoms with Gasteiger partial charge in [-0.15, -0.1) is 0 Å². The molecular formula is C31H48N2. The van der Waals surface area contributed by atoms with Crippen molar-refractivity contribution in [2.24, 2.45) is 11.8 Å². The molecule has 1 heterocycles. The molecule has 1 aromatic heterocycles. The smallest absolute Gasteiger partial charge is 0.159 e. The first-order valence-electron chi connectivity index (χ1n) is 14.1. The minimum absolute atomic E-state index is 0.863. The molecule has 1 saturated carbocycles. The molecule has 0 spiro atoms.